The third kappa shape index (κ3) is 3.12. The highest BCUT2D eigenvalue weighted by atomic mass is 14.1. The van der Waals surface area contributed by atoms with Crippen molar-refractivity contribution in [1.82, 2.24) is 0 Å². The Morgan fingerprint density at radius 1 is 1.08 bits per heavy atom. The Morgan fingerprint density at radius 2 is 1.58 bits per heavy atom. The van der Waals surface area contributed by atoms with E-state index in [2.05, 4.69) is 32.9 Å². The lowest BCUT2D eigenvalue weighted by atomic mass is 9.86. The van der Waals surface area contributed by atoms with Crippen molar-refractivity contribution in [1.29, 1.82) is 0 Å². The van der Waals surface area contributed by atoms with E-state index in [4.69, 9.17) is 7.85 Å². The van der Waals surface area contributed by atoms with Gasteiger partial charge < -0.3 is 0 Å². The molecule has 0 atom stereocenters. The molecule has 62 valence electrons. The first-order valence-electron chi connectivity index (χ1n) is 4.32. The van der Waals surface area contributed by atoms with E-state index in [9.17, 15) is 0 Å². The monoisotopic (exact) mass is 158 g/mol. The Labute approximate surface area is 76.4 Å². The van der Waals surface area contributed by atoms with Gasteiger partial charge in [-0.3, -0.25) is 0 Å². The standard InChI is InChI=1S/C11H15B/c1-11(2,3)8-9-4-6-10(12)7-5-9/h4-7H,8H2,1-3H3. The van der Waals surface area contributed by atoms with Crippen molar-refractivity contribution in [3.63, 3.8) is 0 Å². The maximum Gasteiger partial charge on any atom is 0.113 e. The Hall–Kier alpha value is -0.715. The zero-order chi connectivity index (χ0) is 9.19. The average molecular weight is 158 g/mol. The number of rotatable bonds is 1. The zero-order valence-corrected chi connectivity index (χ0v) is 8.09. The molecule has 0 aromatic heterocycles. The summed E-state index contributed by atoms with van der Waals surface area (Å²) in [6.07, 6.45) is 1.10. The van der Waals surface area contributed by atoms with Gasteiger partial charge in [-0.05, 0) is 17.4 Å². The summed E-state index contributed by atoms with van der Waals surface area (Å²) >= 11 is 0. The first-order chi connectivity index (χ1) is 5.47. The molecule has 0 spiro atoms. The van der Waals surface area contributed by atoms with Crippen LogP contribution in [0.25, 0.3) is 0 Å². The molecule has 0 bridgehead atoms. The highest BCUT2D eigenvalue weighted by Gasteiger charge is 2.10. The van der Waals surface area contributed by atoms with Crippen molar-refractivity contribution in [2.45, 2.75) is 27.2 Å². The molecule has 0 fully saturated rings. The maximum atomic E-state index is 5.59. The minimum atomic E-state index is 0.357. The molecular weight excluding hydrogens is 143 g/mol. The zero-order valence-electron chi connectivity index (χ0n) is 8.09. The third-order valence-electron chi connectivity index (χ3n) is 1.71. The Bertz CT molecular complexity index is 241. The van der Waals surface area contributed by atoms with Crippen LogP contribution >= 0.6 is 0 Å². The van der Waals surface area contributed by atoms with Gasteiger partial charge in [-0.15, -0.1) is 0 Å². The van der Waals surface area contributed by atoms with Crippen LogP contribution < -0.4 is 5.46 Å². The molecule has 0 saturated carbocycles. The van der Waals surface area contributed by atoms with Crippen LogP contribution in [0.4, 0.5) is 0 Å². The van der Waals surface area contributed by atoms with Gasteiger partial charge in [-0.25, -0.2) is 0 Å². The minimum Gasteiger partial charge on any atom is -0.0967 e. The highest BCUT2D eigenvalue weighted by molar-refractivity contribution is 6.32. The van der Waals surface area contributed by atoms with E-state index in [1.165, 1.54) is 5.56 Å². The summed E-state index contributed by atoms with van der Waals surface area (Å²) in [5, 5.41) is 0. The molecule has 0 saturated heterocycles. The predicted molar refractivity (Wildman–Crippen MR) is 55.0 cm³/mol. The normalized spacial score (nSPS) is 11.6. The molecule has 0 unspecified atom stereocenters. The molecule has 2 radical (unpaired) electrons. The molecule has 0 aliphatic carbocycles. The molecule has 0 aliphatic heterocycles. The summed E-state index contributed by atoms with van der Waals surface area (Å²) in [5.41, 5.74) is 2.56. The lowest BCUT2D eigenvalue weighted by Gasteiger charge is -2.17. The second-order valence-corrected chi connectivity index (χ2v) is 4.48. The van der Waals surface area contributed by atoms with Gasteiger partial charge in [0.05, 0.1) is 0 Å². The summed E-state index contributed by atoms with van der Waals surface area (Å²) in [6.45, 7) is 6.72. The summed E-state index contributed by atoms with van der Waals surface area (Å²) < 4.78 is 0. The van der Waals surface area contributed by atoms with Crippen LogP contribution in [0, 0.1) is 5.41 Å². The highest BCUT2D eigenvalue weighted by Crippen LogP contribution is 2.19. The lowest BCUT2D eigenvalue weighted by molar-refractivity contribution is 0.411. The summed E-state index contributed by atoms with van der Waals surface area (Å²) in [7, 11) is 5.59. The van der Waals surface area contributed by atoms with E-state index >= 15 is 0 Å². The van der Waals surface area contributed by atoms with Crippen LogP contribution in [0.15, 0.2) is 24.3 Å². The maximum absolute atomic E-state index is 5.59. The van der Waals surface area contributed by atoms with E-state index in [1.54, 1.807) is 0 Å². The van der Waals surface area contributed by atoms with E-state index in [-0.39, 0.29) is 0 Å². The van der Waals surface area contributed by atoms with Crippen LogP contribution in [0.2, 0.25) is 0 Å². The SMILES string of the molecule is [B]c1ccc(CC(C)(C)C)cc1. The van der Waals surface area contributed by atoms with E-state index in [1.807, 2.05) is 12.1 Å². The van der Waals surface area contributed by atoms with Gasteiger partial charge in [-0.1, -0.05) is 50.5 Å². The van der Waals surface area contributed by atoms with Crippen LogP contribution in [0.3, 0.4) is 0 Å². The fourth-order valence-electron chi connectivity index (χ4n) is 1.25. The van der Waals surface area contributed by atoms with Crippen LogP contribution in [0.1, 0.15) is 26.3 Å². The van der Waals surface area contributed by atoms with Gasteiger partial charge in [0.15, 0.2) is 0 Å². The number of benzene rings is 1. The molecule has 1 rings (SSSR count). The van der Waals surface area contributed by atoms with Crippen molar-refractivity contribution < 1.29 is 0 Å². The molecule has 1 aromatic rings. The smallest absolute Gasteiger partial charge is 0.0967 e. The molecule has 0 nitrogen and oxygen atoms in total. The molecule has 12 heavy (non-hydrogen) atoms. The summed E-state index contributed by atoms with van der Waals surface area (Å²) in [5.74, 6) is 0. The number of hydrogen-bond acceptors (Lipinski definition) is 0. The second-order valence-electron chi connectivity index (χ2n) is 4.48. The van der Waals surface area contributed by atoms with Crippen molar-refractivity contribution >= 4 is 13.3 Å². The Morgan fingerprint density at radius 3 is 2.00 bits per heavy atom. The molecule has 1 heteroatoms. The molecule has 0 aliphatic rings. The molecule has 0 N–H and O–H groups in total. The van der Waals surface area contributed by atoms with E-state index in [0.29, 0.717) is 5.41 Å². The van der Waals surface area contributed by atoms with Gasteiger partial charge in [0.1, 0.15) is 7.85 Å². The Balaban J connectivity index is 2.71. The van der Waals surface area contributed by atoms with E-state index < -0.39 is 0 Å². The average Bonchev–Trinajstić information content (AvgIpc) is 1.91. The van der Waals surface area contributed by atoms with Crippen molar-refractivity contribution in [3.8, 4) is 0 Å². The first kappa shape index (κ1) is 9.37. The lowest BCUT2D eigenvalue weighted by Crippen LogP contribution is -2.10. The van der Waals surface area contributed by atoms with Gasteiger partial charge in [-0.2, -0.15) is 0 Å². The molecule has 1 aromatic carbocycles. The largest absolute Gasteiger partial charge is 0.113 e. The predicted octanol–water partition coefficient (Wildman–Crippen LogP) is 2.07. The van der Waals surface area contributed by atoms with Crippen molar-refractivity contribution in [3.05, 3.63) is 29.8 Å². The van der Waals surface area contributed by atoms with Gasteiger partial charge in [0.2, 0.25) is 0 Å². The summed E-state index contributed by atoms with van der Waals surface area (Å²) in [4.78, 5) is 0. The fraction of sp³-hybridized carbons (Fsp3) is 0.455. The number of hydrogen-bond donors (Lipinski definition) is 0. The van der Waals surface area contributed by atoms with Gasteiger partial charge in [0, 0.05) is 0 Å². The van der Waals surface area contributed by atoms with Gasteiger partial charge >= 0.3 is 0 Å². The van der Waals surface area contributed by atoms with E-state index in [0.717, 1.165) is 11.9 Å². The Kier molecular flexibility index (Phi) is 2.61. The molecular formula is C11H15B. The fourth-order valence-corrected chi connectivity index (χ4v) is 1.25. The second kappa shape index (κ2) is 3.34. The summed E-state index contributed by atoms with van der Waals surface area (Å²) in [6, 6.07) is 8.11. The van der Waals surface area contributed by atoms with Crippen molar-refractivity contribution in [2.75, 3.05) is 0 Å². The molecule has 0 heterocycles. The topological polar surface area (TPSA) is 0 Å². The van der Waals surface area contributed by atoms with Crippen LogP contribution in [0.5, 0.6) is 0 Å². The molecule has 0 amide bonds. The van der Waals surface area contributed by atoms with Gasteiger partial charge in [0.25, 0.3) is 0 Å². The van der Waals surface area contributed by atoms with Crippen LogP contribution in [-0.4, -0.2) is 7.85 Å². The quantitative estimate of drug-likeness (QED) is 0.549. The third-order valence-corrected chi connectivity index (χ3v) is 1.71. The minimum absolute atomic E-state index is 0.357. The van der Waals surface area contributed by atoms with Crippen molar-refractivity contribution in [2.24, 2.45) is 5.41 Å². The van der Waals surface area contributed by atoms with Crippen LogP contribution in [-0.2, 0) is 6.42 Å². The first-order valence-corrected chi connectivity index (χ1v) is 4.32.